The summed E-state index contributed by atoms with van der Waals surface area (Å²) in [6.07, 6.45) is 0. The van der Waals surface area contributed by atoms with Crippen LogP contribution < -0.4 is 0 Å². The minimum absolute atomic E-state index is 0.738. The summed E-state index contributed by atoms with van der Waals surface area (Å²) in [5.41, 5.74) is 5.30. The van der Waals surface area contributed by atoms with Gasteiger partial charge in [0.15, 0.2) is 0 Å². The molecule has 2 heteroatoms. The van der Waals surface area contributed by atoms with E-state index in [1.807, 2.05) is 19.1 Å². The minimum atomic E-state index is 0.738. The van der Waals surface area contributed by atoms with Crippen LogP contribution in [-0.2, 0) is 7.05 Å². The quantitative estimate of drug-likeness (QED) is 0.637. The molecule has 0 amide bonds. The van der Waals surface area contributed by atoms with Crippen LogP contribution in [0.3, 0.4) is 0 Å². The Balaban J connectivity index is 2.22. The van der Waals surface area contributed by atoms with Gasteiger partial charge in [-0.1, -0.05) is 24.3 Å². The van der Waals surface area contributed by atoms with Crippen molar-refractivity contribution < 1.29 is 0 Å². The molecule has 2 nitrogen and oxygen atoms in total. The third kappa shape index (κ3) is 1.80. The Morgan fingerprint density at radius 3 is 2.53 bits per heavy atom. The number of para-hydroxylation sites is 1. The van der Waals surface area contributed by atoms with Crippen LogP contribution >= 0.6 is 0 Å². The molecular formula is C17H14N2. The van der Waals surface area contributed by atoms with Crippen LogP contribution in [0, 0.1) is 18.3 Å². The zero-order chi connectivity index (χ0) is 13.4. The first-order valence-corrected chi connectivity index (χ1v) is 6.26. The summed E-state index contributed by atoms with van der Waals surface area (Å²) >= 11 is 0. The van der Waals surface area contributed by atoms with E-state index in [1.165, 1.54) is 16.6 Å². The van der Waals surface area contributed by atoms with E-state index in [1.54, 1.807) is 0 Å². The van der Waals surface area contributed by atoms with Gasteiger partial charge in [-0.15, -0.1) is 0 Å². The highest BCUT2D eigenvalue weighted by atomic mass is 14.9. The molecule has 0 bridgehead atoms. The topological polar surface area (TPSA) is 28.7 Å². The lowest BCUT2D eigenvalue weighted by Crippen LogP contribution is -1.92. The normalized spacial score (nSPS) is 10.6. The number of aromatic nitrogens is 1. The van der Waals surface area contributed by atoms with Crippen molar-refractivity contribution in [3.63, 3.8) is 0 Å². The van der Waals surface area contributed by atoms with Crippen LogP contribution in [0.2, 0.25) is 0 Å². The van der Waals surface area contributed by atoms with Crippen molar-refractivity contribution in [3.8, 4) is 17.3 Å². The monoisotopic (exact) mass is 246 g/mol. The summed E-state index contributed by atoms with van der Waals surface area (Å²) in [5.74, 6) is 0. The standard InChI is InChI=1S/C17H14N2/c1-12-9-14(7-8-15(12)11-18)17-10-13-5-3-4-6-16(13)19(17)2/h3-10H,1-2H3. The first-order chi connectivity index (χ1) is 9.20. The van der Waals surface area contributed by atoms with Crippen molar-refractivity contribution in [1.82, 2.24) is 4.57 Å². The number of nitrogens with zero attached hydrogens (tertiary/aromatic N) is 2. The fourth-order valence-corrected chi connectivity index (χ4v) is 2.51. The molecule has 19 heavy (non-hydrogen) atoms. The van der Waals surface area contributed by atoms with E-state index in [9.17, 15) is 0 Å². The van der Waals surface area contributed by atoms with Crippen LogP contribution in [-0.4, -0.2) is 4.57 Å². The lowest BCUT2D eigenvalue weighted by Gasteiger charge is -2.06. The van der Waals surface area contributed by atoms with E-state index in [-0.39, 0.29) is 0 Å². The van der Waals surface area contributed by atoms with Gasteiger partial charge in [0.2, 0.25) is 0 Å². The van der Waals surface area contributed by atoms with Gasteiger partial charge in [-0.3, -0.25) is 0 Å². The lowest BCUT2D eigenvalue weighted by atomic mass is 10.0. The Hall–Kier alpha value is -2.53. The van der Waals surface area contributed by atoms with Crippen molar-refractivity contribution in [3.05, 3.63) is 59.7 Å². The fraction of sp³-hybridized carbons (Fsp3) is 0.118. The predicted octanol–water partition coefficient (Wildman–Crippen LogP) is 4.03. The molecule has 0 fully saturated rings. The molecule has 1 aromatic heterocycles. The predicted molar refractivity (Wildman–Crippen MR) is 77.8 cm³/mol. The maximum Gasteiger partial charge on any atom is 0.0994 e. The molecule has 0 unspecified atom stereocenters. The third-order valence-corrected chi connectivity index (χ3v) is 3.59. The van der Waals surface area contributed by atoms with Gasteiger partial charge in [-0.05, 0) is 42.3 Å². The maximum atomic E-state index is 8.99. The first-order valence-electron chi connectivity index (χ1n) is 6.26. The molecule has 3 rings (SSSR count). The number of fused-ring (bicyclic) bond motifs is 1. The van der Waals surface area contributed by atoms with Crippen molar-refractivity contribution in [1.29, 1.82) is 5.26 Å². The van der Waals surface area contributed by atoms with Crippen LogP contribution in [0.15, 0.2) is 48.5 Å². The van der Waals surface area contributed by atoms with E-state index >= 15 is 0 Å². The largest absolute Gasteiger partial charge is 0.344 e. The van der Waals surface area contributed by atoms with E-state index in [0.29, 0.717) is 0 Å². The minimum Gasteiger partial charge on any atom is -0.344 e. The van der Waals surface area contributed by atoms with Crippen molar-refractivity contribution in [2.45, 2.75) is 6.92 Å². The molecule has 0 radical (unpaired) electrons. The zero-order valence-corrected chi connectivity index (χ0v) is 11.0. The van der Waals surface area contributed by atoms with Gasteiger partial charge < -0.3 is 4.57 Å². The Kier molecular flexibility index (Phi) is 2.61. The molecule has 0 saturated heterocycles. The van der Waals surface area contributed by atoms with E-state index in [2.05, 4.69) is 54.1 Å². The highest BCUT2D eigenvalue weighted by Crippen LogP contribution is 2.28. The Bertz CT molecular complexity index is 804. The smallest absolute Gasteiger partial charge is 0.0994 e. The third-order valence-electron chi connectivity index (χ3n) is 3.59. The van der Waals surface area contributed by atoms with E-state index < -0.39 is 0 Å². The average molecular weight is 246 g/mol. The molecule has 0 atom stereocenters. The molecule has 0 saturated carbocycles. The highest BCUT2D eigenvalue weighted by molar-refractivity contribution is 5.87. The second-order valence-corrected chi connectivity index (χ2v) is 4.79. The van der Waals surface area contributed by atoms with Crippen LogP contribution in [0.1, 0.15) is 11.1 Å². The SMILES string of the molecule is Cc1cc(-c2cc3ccccc3n2C)ccc1C#N. The number of hydrogen-bond acceptors (Lipinski definition) is 1. The number of benzene rings is 2. The maximum absolute atomic E-state index is 8.99. The molecule has 0 aliphatic rings. The Labute approximate surface area is 112 Å². The van der Waals surface area contributed by atoms with Gasteiger partial charge in [0.25, 0.3) is 0 Å². The molecule has 92 valence electrons. The number of rotatable bonds is 1. The van der Waals surface area contributed by atoms with Gasteiger partial charge in [0.05, 0.1) is 11.6 Å². The van der Waals surface area contributed by atoms with E-state index in [0.717, 1.165) is 16.7 Å². The van der Waals surface area contributed by atoms with Crippen molar-refractivity contribution >= 4 is 10.9 Å². The summed E-state index contributed by atoms with van der Waals surface area (Å²) in [4.78, 5) is 0. The molecule has 3 aromatic rings. The van der Waals surface area contributed by atoms with Crippen molar-refractivity contribution in [2.24, 2.45) is 7.05 Å². The molecule has 2 aromatic carbocycles. The molecule has 0 N–H and O–H groups in total. The summed E-state index contributed by atoms with van der Waals surface area (Å²) in [6, 6.07) is 18.7. The summed E-state index contributed by atoms with van der Waals surface area (Å²) in [6.45, 7) is 1.98. The second-order valence-electron chi connectivity index (χ2n) is 4.79. The first kappa shape index (κ1) is 11.6. The van der Waals surface area contributed by atoms with Gasteiger partial charge in [0, 0.05) is 23.6 Å². The summed E-state index contributed by atoms with van der Waals surface area (Å²) < 4.78 is 2.19. The highest BCUT2D eigenvalue weighted by Gasteiger charge is 2.08. The number of nitriles is 1. The fourth-order valence-electron chi connectivity index (χ4n) is 2.51. The number of hydrogen-bond donors (Lipinski definition) is 0. The van der Waals surface area contributed by atoms with Crippen molar-refractivity contribution in [2.75, 3.05) is 0 Å². The molecule has 0 aliphatic carbocycles. The molecular weight excluding hydrogens is 232 g/mol. The molecule has 1 heterocycles. The summed E-state index contributed by atoms with van der Waals surface area (Å²) in [5, 5.41) is 10.2. The lowest BCUT2D eigenvalue weighted by molar-refractivity contribution is 0.978. The average Bonchev–Trinajstić information content (AvgIpc) is 2.77. The summed E-state index contributed by atoms with van der Waals surface area (Å²) in [7, 11) is 2.07. The van der Waals surface area contributed by atoms with Gasteiger partial charge in [-0.2, -0.15) is 5.26 Å². The van der Waals surface area contributed by atoms with Crippen LogP contribution in [0.25, 0.3) is 22.2 Å². The van der Waals surface area contributed by atoms with E-state index in [4.69, 9.17) is 5.26 Å². The second kappa shape index (κ2) is 4.29. The molecule has 0 aliphatic heterocycles. The van der Waals surface area contributed by atoms with Crippen LogP contribution in [0.5, 0.6) is 0 Å². The molecule has 0 spiro atoms. The Morgan fingerprint density at radius 2 is 1.84 bits per heavy atom. The van der Waals surface area contributed by atoms with Gasteiger partial charge >= 0.3 is 0 Å². The van der Waals surface area contributed by atoms with Gasteiger partial charge in [-0.25, -0.2) is 0 Å². The van der Waals surface area contributed by atoms with Crippen LogP contribution in [0.4, 0.5) is 0 Å². The number of aryl methyl sites for hydroxylation is 2. The Morgan fingerprint density at radius 1 is 1.05 bits per heavy atom. The zero-order valence-electron chi connectivity index (χ0n) is 11.0. The van der Waals surface area contributed by atoms with Gasteiger partial charge in [0.1, 0.15) is 0 Å².